The van der Waals surface area contributed by atoms with E-state index in [2.05, 4.69) is 56.8 Å². The molecule has 1 nitrogen and oxygen atoms in total. The maximum atomic E-state index is 5.71. The molecule has 1 heteroatoms. The standard InChI is InChI=1S/C20H26O/c1-19(2)17-11-12-20(19,3)18(14-17)10-7-13-21-15-16-8-5-4-6-9-16/h4-9,17H,11-15H2,1-3H3/t10?,17-,20+/m1/s1. The summed E-state index contributed by atoms with van der Waals surface area (Å²) >= 11 is 0. The second-order valence-corrected chi connectivity index (χ2v) is 7.32. The molecule has 0 amide bonds. The van der Waals surface area contributed by atoms with Gasteiger partial charge in [0.05, 0.1) is 13.2 Å². The summed E-state index contributed by atoms with van der Waals surface area (Å²) in [6.07, 6.45) is 6.03. The molecule has 0 aromatic heterocycles. The van der Waals surface area contributed by atoms with E-state index >= 15 is 0 Å². The first-order valence-electron chi connectivity index (χ1n) is 8.10. The predicted octanol–water partition coefficient (Wildman–Crippen LogP) is 5.13. The Morgan fingerprint density at radius 1 is 1.24 bits per heavy atom. The highest BCUT2D eigenvalue weighted by Crippen LogP contribution is 2.67. The fraction of sp³-hybridized carbons (Fsp3) is 0.550. The minimum Gasteiger partial charge on any atom is -0.372 e. The first-order valence-corrected chi connectivity index (χ1v) is 8.10. The number of fused-ring (bicyclic) bond motifs is 2. The van der Waals surface area contributed by atoms with Crippen LogP contribution in [-0.4, -0.2) is 6.61 Å². The zero-order valence-corrected chi connectivity index (χ0v) is 13.5. The molecular weight excluding hydrogens is 256 g/mol. The Morgan fingerprint density at radius 3 is 2.62 bits per heavy atom. The third-order valence-corrected chi connectivity index (χ3v) is 6.14. The number of hydrogen-bond donors (Lipinski definition) is 0. The van der Waals surface area contributed by atoms with Crippen molar-refractivity contribution in [1.29, 1.82) is 0 Å². The maximum absolute atomic E-state index is 5.71. The lowest BCUT2D eigenvalue weighted by molar-refractivity contribution is 0.148. The largest absolute Gasteiger partial charge is 0.372 e. The fourth-order valence-electron chi connectivity index (χ4n) is 4.16. The third-order valence-electron chi connectivity index (χ3n) is 6.14. The fourth-order valence-corrected chi connectivity index (χ4v) is 4.16. The Morgan fingerprint density at radius 2 is 2.00 bits per heavy atom. The molecule has 2 fully saturated rings. The Labute approximate surface area is 128 Å². The Kier molecular flexibility index (Phi) is 3.82. The molecule has 1 aromatic carbocycles. The first-order chi connectivity index (χ1) is 10.0. The Bertz CT molecular complexity index is 563. The van der Waals surface area contributed by atoms with Crippen LogP contribution in [0, 0.1) is 16.7 Å². The summed E-state index contributed by atoms with van der Waals surface area (Å²) in [6, 6.07) is 10.3. The summed E-state index contributed by atoms with van der Waals surface area (Å²) in [4.78, 5) is 0. The molecule has 0 spiro atoms. The van der Waals surface area contributed by atoms with E-state index in [1.54, 1.807) is 0 Å². The summed E-state index contributed by atoms with van der Waals surface area (Å²) in [7, 11) is 0. The van der Waals surface area contributed by atoms with Crippen LogP contribution in [0.5, 0.6) is 0 Å². The monoisotopic (exact) mass is 282 g/mol. The van der Waals surface area contributed by atoms with E-state index in [0.29, 0.717) is 24.0 Å². The lowest BCUT2D eigenvalue weighted by Crippen LogP contribution is -2.27. The molecule has 0 radical (unpaired) electrons. The normalized spacial score (nSPS) is 29.5. The van der Waals surface area contributed by atoms with E-state index in [1.807, 2.05) is 6.07 Å². The minimum absolute atomic E-state index is 0.355. The summed E-state index contributed by atoms with van der Waals surface area (Å²) in [5.74, 6) is 0.851. The van der Waals surface area contributed by atoms with Crippen molar-refractivity contribution in [2.24, 2.45) is 16.7 Å². The lowest BCUT2D eigenvalue weighted by atomic mass is 9.69. The van der Waals surface area contributed by atoms with Crippen LogP contribution in [0.1, 0.15) is 45.6 Å². The van der Waals surface area contributed by atoms with Crippen LogP contribution >= 0.6 is 0 Å². The summed E-state index contributed by atoms with van der Waals surface area (Å²) in [5.41, 5.74) is 7.10. The number of hydrogen-bond acceptors (Lipinski definition) is 1. The zero-order valence-electron chi connectivity index (χ0n) is 13.5. The molecule has 0 aliphatic heterocycles. The summed E-state index contributed by atoms with van der Waals surface area (Å²) in [5, 5.41) is 0. The van der Waals surface area contributed by atoms with Crippen LogP contribution < -0.4 is 0 Å². The second kappa shape index (κ2) is 5.48. The SMILES string of the molecule is CC1(C)[C@@H]2CC[C@@]1(C)C(=C=CCOCc1ccccc1)C2. The van der Waals surface area contributed by atoms with Crippen molar-refractivity contribution in [1.82, 2.24) is 0 Å². The molecule has 2 aliphatic carbocycles. The van der Waals surface area contributed by atoms with E-state index < -0.39 is 0 Å². The topological polar surface area (TPSA) is 9.23 Å². The maximum Gasteiger partial charge on any atom is 0.0725 e. The van der Waals surface area contributed by atoms with Gasteiger partial charge in [-0.15, -0.1) is 5.73 Å². The van der Waals surface area contributed by atoms with Gasteiger partial charge in [0, 0.05) is 5.41 Å². The van der Waals surface area contributed by atoms with Gasteiger partial charge in [-0.3, -0.25) is 0 Å². The van der Waals surface area contributed by atoms with Crippen LogP contribution in [0.3, 0.4) is 0 Å². The molecule has 2 aliphatic rings. The smallest absolute Gasteiger partial charge is 0.0725 e. The van der Waals surface area contributed by atoms with Gasteiger partial charge >= 0.3 is 0 Å². The van der Waals surface area contributed by atoms with Crippen molar-refractivity contribution in [2.75, 3.05) is 6.61 Å². The molecule has 0 saturated heterocycles. The van der Waals surface area contributed by atoms with E-state index in [4.69, 9.17) is 4.74 Å². The van der Waals surface area contributed by atoms with E-state index in [1.165, 1.54) is 30.4 Å². The molecule has 2 bridgehead atoms. The molecule has 0 N–H and O–H groups in total. The van der Waals surface area contributed by atoms with Crippen LogP contribution in [-0.2, 0) is 11.3 Å². The van der Waals surface area contributed by atoms with Crippen molar-refractivity contribution >= 4 is 0 Å². The minimum atomic E-state index is 0.355. The highest BCUT2D eigenvalue weighted by atomic mass is 16.5. The molecule has 2 saturated carbocycles. The molecule has 2 atom stereocenters. The van der Waals surface area contributed by atoms with Crippen LogP contribution in [0.2, 0.25) is 0 Å². The highest BCUT2D eigenvalue weighted by Gasteiger charge is 2.58. The molecule has 3 rings (SSSR count). The zero-order chi connectivity index (χ0) is 14.9. The van der Waals surface area contributed by atoms with E-state index in [-0.39, 0.29) is 0 Å². The first kappa shape index (κ1) is 14.6. The molecule has 0 heterocycles. The van der Waals surface area contributed by atoms with E-state index in [9.17, 15) is 0 Å². The van der Waals surface area contributed by atoms with Gasteiger partial charge in [0.1, 0.15) is 0 Å². The van der Waals surface area contributed by atoms with E-state index in [0.717, 1.165) is 5.92 Å². The van der Waals surface area contributed by atoms with Crippen LogP contribution in [0.15, 0.2) is 47.7 Å². The highest BCUT2D eigenvalue weighted by molar-refractivity contribution is 5.28. The number of benzene rings is 1. The number of rotatable bonds is 4. The Hall–Kier alpha value is -1.30. The van der Waals surface area contributed by atoms with Gasteiger partial charge < -0.3 is 4.74 Å². The van der Waals surface area contributed by atoms with Gasteiger partial charge in [0.25, 0.3) is 0 Å². The quantitative estimate of drug-likeness (QED) is 0.549. The van der Waals surface area contributed by atoms with Crippen molar-refractivity contribution in [2.45, 2.75) is 46.6 Å². The predicted molar refractivity (Wildman–Crippen MR) is 86.9 cm³/mol. The third kappa shape index (κ3) is 2.50. The summed E-state index contributed by atoms with van der Waals surface area (Å²) < 4.78 is 5.71. The van der Waals surface area contributed by atoms with Crippen LogP contribution in [0.25, 0.3) is 0 Å². The van der Waals surface area contributed by atoms with Gasteiger partial charge in [-0.25, -0.2) is 0 Å². The van der Waals surface area contributed by atoms with Gasteiger partial charge in [-0.2, -0.15) is 0 Å². The molecular formula is C20H26O. The average molecular weight is 282 g/mol. The molecule has 21 heavy (non-hydrogen) atoms. The molecule has 0 unspecified atom stereocenters. The molecule has 112 valence electrons. The van der Waals surface area contributed by atoms with Gasteiger partial charge in [0.2, 0.25) is 0 Å². The Balaban J connectivity index is 1.59. The van der Waals surface area contributed by atoms with Gasteiger partial charge in [-0.1, -0.05) is 51.1 Å². The van der Waals surface area contributed by atoms with Crippen molar-refractivity contribution in [3.05, 3.63) is 53.3 Å². The summed E-state index contributed by atoms with van der Waals surface area (Å²) in [6.45, 7) is 8.64. The lowest BCUT2D eigenvalue weighted by Gasteiger charge is -2.34. The van der Waals surface area contributed by atoms with Gasteiger partial charge in [0.15, 0.2) is 0 Å². The van der Waals surface area contributed by atoms with Gasteiger partial charge in [-0.05, 0) is 47.8 Å². The van der Waals surface area contributed by atoms with Crippen molar-refractivity contribution in [3.63, 3.8) is 0 Å². The number of ether oxygens (including phenoxy) is 1. The van der Waals surface area contributed by atoms with Crippen LogP contribution in [0.4, 0.5) is 0 Å². The second-order valence-electron chi connectivity index (χ2n) is 7.32. The molecule has 1 aromatic rings. The van der Waals surface area contributed by atoms with Crippen molar-refractivity contribution < 1.29 is 4.74 Å². The average Bonchev–Trinajstić information content (AvgIpc) is 2.81. The van der Waals surface area contributed by atoms with Crippen molar-refractivity contribution in [3.8, 4) is 0 Å².